The molecule has 2 aromatic carbocycles. The van der Waals surface area contributed by atoms with Crippen molar-refractivity contribution in [2.24, 2.45) is 0 Å². The molecule has 0 saturated carbocycles. The van der Waals surface area contributed by atoms with Gasteiger partial charge in [-0.1, -0.05) is 12.1 Å². The molecule has 0 unspecified atom stereocenters. The Morgan fingerprint density at radius 3 is 2.24 bits per heavy atom. The van der Waals surface area contributed by atoms with Gasteiger partial charge in [0.15, 0.2) is 0 Å². The highest BCUT2D eigenvalue weighted by Crippen LogP contribution is 2.34. The quantitative estimate of drug-likeness (QED) is 0.383. The Morgan fingerprint density at radius 1 is 1.06 bits per heavy atom. The molecule has 2 N–H and O–H groups in total. The average Bonchev–Trinajstić information content (AvgIpc) is 3.04. The first-order valence-corrected chi connectivity index (χ1v) is 9.57. The Labute approximate surface area is 189 Å². The number of rotatable bonds is 7. The molecule has 1 amide bonds. The molecule has 3 aromatic rings. The zero-order valence-electron chi connectivity index (χ0n) is 17.7. The number of hydrazine groups is 1. The number of nitrogens with one attached hydrogen (secondary N) is 2. The smallest absolute Gasteiger partial charge is 0.292 e. The number of nitro benzene ring substituents is 1. The van der Waals surface area contributed by atoms with Gasteiger partial charge < -0.3 is 0 Å². The molecule has 14 heteroatoms. The Balaban J connectivity index is 1.70. The number of benzene rings is 2. The van der Waals surface area contributed by atoms with E-state index in [0.717, 1.165) is 6.07 Å². The van der Waals surface area contributed by atoms with Crippen LogP contribution in [-0.4, -0.2) is 25.5 Å². The molecule has 3 rings (SSSR count). The van der Waals surface area contributed by atoms with Crippen LogP contribution in [0.2, 0.25) is 0 Å². The van der Waals surface area contributed by atoms with Crippen molar-refractivity contribution in [3.8, 4) is 0 Å². The van der Waals surface area contributed by atoms with Gasteiger partial charge in [0.1, 0.15) is 17.1 Å². The third-order valence-corrected chi connectivity index (χ3v) is 4.91. The van der Waals surface area contributed by atoms with Gasteiger partial charge in [-0.3, -0.25) is 40.6 Å². The summed E-state index contributed by atoms with van der Waals surface area (Å²) >= 11 is 0. The molecule has 1 heterocycles. The zero-order valence-corrected chi connectivity index (χ0v) is 17.7. The Morgan fingerprint density at radius 2 is 1.71 bits per heavy atom. The van der Waals surface area contributed by atoms with Crippen LogP contribution in [0.15, 0.2) is 42.5 Å². The third kappa shape index (κ3) is 5.11. The van der Waals surface area contributed by atoms with Crippen molar-refractivity contribution >= 4 is 23.0 Å². The number of anilines is 1. The summed E-state index contributed by atoms with van der Waals surface area (Å²) in [6.07, 6.45) is -4.76. The molecule has 178 valence electrons. The van der Waals surface area contributed by atoms with E-state index in [2.05, 4.69) is 16.0 Å². The first-order valence-electron chi connectivity index (χ1n) is 9.57. The lowest BCUT2D eigenvalue weighted by atomic mass is 10.1. The molecule has 0 saturated heterocycles. The van der Waals surface area contributed by atoms with Crippen molar-refractivity contribution in [1.82, 2.24) is 15.2 Å². The number of nitro groups is 2. The number of nitrogens with zero attached hydrogens (tertiary/aromatic N) is 4. The van der Waals surface area contributed by atoms with Crippen LogP contribution in [0, 0.1) is 34.1 Å². The van der Waals surface area contributed by atoms with E-state index in [9.17, 15) is 38.2 Å². The molecular formula is C20H17F3N6O5. The van der Waals surface area contributed by atoms with E-state index in [0.29, 0.717) is 23.4 Å². The monoisotopic (exact) mass is 478 g/mol. The minimum atomic E-state index is -4.76. The van der Waals surface area contributed by atoms with Gasteiger partial charge in [0.2, 0.25) is 0 Å². The fourth-order valence-corrected chi connectivity index (χ4v) is 3.20. The highest BCUT2D eigenvalue weighted by atomic mass is 19.4. The normalized spacial score (nSPS) is 11.2. The summed E-state index contributed by atoms with van der Waals surface area (Å²) in [6.45, 7) is 3.33. The van der Waals surface area contributed by atoms with Gasteiger partial charge in [0.25, 0.3) is 11.6 Å². The predicted octanol–water partition coefficient (Wildman–Crippen LogP) is 4.14. The van der Waals surface area contributed by atoms with Gasteiger partial charge >= 0.3 is 11.9 Å². The maximum Gasteiger partial charge on any atom is 0.416 e. The number of halogens is 3. The van der Waals surface area contributed by atoms with Crippen LogP contribution in [0.25, 0.3) is 0 Å². The topological polar surface area (TPSA) is 145 Å². The van der Waals surface area contributed by atoms with Crippen molar-refractivity contribution in [2.45, 2.75) is 26.6 Å². The molecule has 0 radical (unpaired) electrons. The van der Waals surface area contributed by atoms with Crippen molar-refractivity contribution in [3.63, 3.8) is 0 Å². The van der Waals surface area contributed by atoms with Crippen molar-refractivity contribution in [2.75, 3.05) is 5.43 Å². The van der Waals surface area contributed by atoms with Gasteiger partial charge in [-0.05, 0) is 43.7 Å². The number of amides is 1. The predicted molar refractivity (Wildman–Crippen MR) is 113 cm³/mol. The lowest BCUT2D eigenvalue weighted by molar-refractivity contribution is -0.386. The van der Waals surface area contributed by atoms with Gasteiger partial charge in [-0.25, -0.2) is 0 Å². The van der Waals surface area contributed by atoms with E-state index in [1.807, 2.05) is 0 Å². The van der Waals surface area contributed by atoms with Crippen LogP contribution in [0.1, 0.15) is 32.9 Å². The van der Waals surface area contributed by atoms with Crippen molar-refractivity contribution in [1.29, 1.82) is 0 Å². The maximum absolute atomic E-state index is 12.8. The molecule has 0 aliphatic rings. The molecular weight excluding hydrogens is 461 g/mol. The van der Waals surface area contributed by atoms with E-state index in [1.165, 1.54) is 23.7 Å². The Hall–Kier alpha value is -4.49. The highest BCUT2D eigenvalue weighted by molar-refractivity contribution is 5.95. The zero-order chi connectivity index (χ0) is 25.2. The van der Waals surface area contributed by atoms with Crippen LogP contribution < -0.4 is 10.9 Å². The van der Waals surface area contributed by atoms with Crippen LogP contribution in [-0.2, 0) is 12.7 Å². The number of hydrogen-bond acceptors (Lipinski definition) is 7. The molecule has 0 bridgehead atoms. The SMILES string of the molecule is Cc1nn(Cc2ccc(C(=O)NNc3ccc(C(F)(F)F)cc3[N+](=O)[O-])cc2)c(C)c1[N+](=O)[O-]. The van der Waals surface area contributed by atoms with Crippen LogP contribution >= 0.6 is 0 Å². The molecule has 0 aliphatic carbocycles. The molecule has 0 aliphatic heterocycles. The number of hydrogen-bond donors (Lipinski definition) is 2. The fourth-order valence-electron chi connectivity index (χ4n) is 3.20. The molecule has 1 aromatic heterocycles. The summed E-state index contributed by atoms with van der Waals surface area (Å²) in [4.78, 5) is 33.1. The average molecular weight is 478 g/mol. The lowest BCUT2D eigenvalue weighted by Crippen LogP contribution is -2.29. The summed E-state index contributed by atoms with van der Waals surface area (Å²) in [6, 6.07) is 7.96. The molecule has 34 heavy (non-hydrogen) atoms. The number of carbonyl (C=O) groups excluding carboxylic acids is 1. The Bertz CT molecular complexity index is 1270. The van der Waals surface area contributed by atoms with E-state index >= 15 is 0 Å². The lowest BCUT2D eigenvalue weighted by Gasteiger charge is -2.12. The van der Waals surface area contributed by atoms with Crippen LogP contribution in [0.5, 0.6) is 0 Å². The fraction of sp³-hybridized carbons (Fsp3) is 0.200. The highest BCUT2D eigenvalue weighted by Gasteiger charge is 2.33. The minimum Gasteiger partial charge on any atom is -0.292 e. The van der Waals surface area contributed by atoms with Crippen LogP contribution in [0.4, 0.5) is 30.2 Å². The molecule has 11 nitrogen and oxygen atoms in total. The number of carbonyl (C=O) groups is 1. The van der Waals surface area contributed by atoms with Crippen LogP contribution in [0.3, 0.4) is 0 Å². The summed E-state index contributed by atoms with van der Waals surface area (Å²) in [7, 11) is 0. The first kappa shape index (κ1) is 24.2. The minimum absolute atomic E-state index is 0.0700. The molecule has 0 fully saturated rings. The number of aromatic nitrogens is 2. The summed E-state index contributed by atoms with van der Waals surface area (Å²) in [5.41, 5.74) is 3.54. The second-order valence-corrected chi connectivity index (χ2v) is 7.20. The van der Waals surface area contributed by atoms with Crippen molar-refractivity contribution < 1.29 is 27.8 Å². The summed E-state index contributed by atoms with van der Waals surface area (Å²) in [5, 5.41) is 26.4. The van der Waals surface area contributed by atoms with Gasteiger partial charge in [-0.15, -0.1) is 0 Å². The van der Waals surface area contributed by atoms with E-state index in [4.69, 9.17) is 0 Å². The summed E-state index contributed by atoms with van der Waals surface area (Å²) in [5.74, 6) is -0.692. The second kappa shape index (κ2) is 9.17. The molecule has 0 atom stereocenters. The third-order valence-electron chi connectivity index (χ3n) is 4.91. The largest absolute Gasteiger partial charge is 0.416 e. The summed E-state index contributed by atoms with van der Waals surface area (Å²) < 4.78 is 39.9. The second-order valence-electron chi connectivity index (χ2n) is 7.20. The van der Waals surface area contributed by atoms with Gasteiger partial charge in [0, 0.05) is 11.6 Å². The Kier molecular flexibility index (Phi) is 6.51. The first-order chi connectivity index (χ1) is 15.9. The number of alkyl halides is 3. The van der Waals surface area contributed by atoms with Gasteiger partial charge in [0.05, 0.1) is 22.0 Å². The van der Waals surface area contributed by atoms with Gasteiger partial charge in [-0.2, -0.15) is 18.3 Å². The van der Waals surface area contributed by atoms with E-state index in [1.54, 1.807) is 19.1 Å². The van der Waals surface area contributed by atoms with E-state index in [-0.39, 0.29) is 29.2 Å². The van der Waals surface area contributed by atoms with Crippen molar-refractivity contribution in [3.05, 3.63) is 90.8 Å². The maximum atomic E-state index is 12.8. The van der Waals surface area contributed by atoms with E-state index < -0.39 is 33.2 Å². The standard InChI is InChI=1S/C20H17F3N6O5/c1-11-18(29(33)34)12(2)27(26-11)10-13-3-5-14(6-4-13)19(30)25-24-16-8-7-15(20(21,22)23)9-17(16)28(31)32/h3-9,24H,10H2,1-2H3,(H,25,30). The number of aryl methyl sites for hydroxylation is 1. The molecule has 0 spiro atoms.